The highest BCUT2D eigenvalue weighted by molar-refractivity contribution is 5.95. The van der Waals surface area contributed by atoms with Crippen molar-refractivity contribution < 1.29 is 28.9 Å². The van der Waals surface area contributed by atoms with Gasteiger partial charge in [0, 0.05) is 11.6 Å². The minimum atomic E-state index is -1.05. The Morgan fingerprint density at radius 1 is 1.04 bits per heavy atom. The van der Waals surface area contributed by atoms with E-state index in [9.17, 15) is 9.59 Å². The third kappa shape index (κ3) is 5.52. The Bertz CT molecular complexity index is 780. The van der Waals surface area contributed by atoms with Crippen molar-refractivity contribution >= 4 is 18.1 Å². The van der Waals surface area contributed by atoms with Crippen LogP contribution in [0.15, 0.2) is 47.6 Å². The summed E-state index contributed by atoms with van der Waals surface area (Å²) in [6, 6.07) is 11.4. The first-order valence-electron chi connectivity index (χ1n) is 7.53. The molecule has 0 aliphatic heterocycles. The van der Waals surface area contributed by atoms with Crippen LogP contribution in [0.1, 0.15) is 15.9 Å². The van der Waals surface area contributed by atoms with E-state index in [4.69, 9.17) is 19.3 Å². The van der Waals surface area contributed by atoms with Gasteiger partial charge < -0.3 is 19.3 Å². The van der Waals surface area contributed by atoms with Gasteiger partial charge in [0.15, 0.2) is 6.61 Å². The van der Waals surface area contributed by atoms with Crippen LogP contribution in [0.25, 0.3) is 0 Å². The standard InChI is InChI=1S/C18H18N2O6/c1-24-15-7-13(8-16(9-15)25-2)18(23)20-19-10-12-3-5-14(6-4-12)26-11-17(21)22/h3-10H,11H2,1-2H3,(H,20,23)(H,21,22)/b19-10-. The molecule has 0 radical (unpaired) electrons. The number of nitrogens with one attached hydrogen (secondary N) is 1. The number of rotatable bonds is 8. The number of benzene rings is 2. The zero-order valence-corrected chi connectivity index (χ0v) is 14.3. The molecule has 2 aromatic rings. The third-order valence-electron chi connectivity index (χ3n) is 3.24. The Labute approximate surface area is 150 Å². The maximum Gasteiger partial charge on any atom is 0.341 e. The monoisotopic (exact) mass is 358 g/mol. The first-order chi connectivity index (χ1) is 12.5. The largest absolute Gasteiger partial charge is 0.497 e. The lowest BCUT2D eigenvalue weighted by atomic mass is 10.2. The Morgan fingerprint density at radius 2 is 1.65 bits per heavy atom. The van der Waals surface area contributed by atoms with E-state index in [0.29, 0.717) is 28.4 Å². The number of hydrogen-bond donors (Lipinski definition) is 2. The molecule has 0 aliphatic rings. The van der Waals surface area contributed by atoms with Crippen molar-refractivity contribution in [3.05, 3.63) is 53.6 Å². The second kappa shape index (κ2) is 9.07. The summed E-state index contributed by atoms with van der Waals surface area (Å²) in [4.78, 5) is 22.6. The Hall–Kier alpha value is -3.55. The molecule has 0 atom stereocenters. The fourth-order valence-corrected chi connectivity index (χ4v) is 1.96. The van der Waals surface area contributed by atoms with Gasteiger partial charge in [0.25, 0.3) is 5.91 Å². The molecular weight excluding hydrogens is 340 g/mol. The zero-order valence-electron chi connectivity index (χ0n) is 14.3. The molecule has 26 heavy (non-hydrogen) atoms. The quantitative estimate of drug-likeness (QED) is 0.552. The molecule has 0 fully saturated rings. The van der Waals surface area contributed by atoms with Gasteiger partial charge in [-0.05, 0) is 42.0 Å². The molecule has 0 aliphatic carbocycles. The smallest absolute Gasteiger partial charge is 0.341 e. The molecule has 1 amide bonds. The summed E-state index contributed by atoms with van der Waals surface area (Å²) < 4.78 is 15.3. The number of carboxylic acids is 1. The predicted molar refractivity (Wildman–Crippen MR) is 94.2 cm³/mol. The molecule has 2 rings (SSSR count). The summed E-state index contributed by atoms with van der Waals surface area (Å²) in [6.07, 6.45) is 1.45. The van der Waals surface area contributed by atoms with Crippen molar-refractivity contribution in [1.29, 1.82) is 0 Å². The zero-order chi connectivity index (χ0) is 18.9. The van der Waals surface area contributed by atoms with Gasteiger partial charge in [-0.2, -0.15) is 5.10 Å². The molecular formula is C18H18N2O6. The summed E-state index contributed by atoms with van der Waals surface area (Å²) in [5, 5.41) is 12.4. The Morgan fingerprint density at radius 3 is 2.19 bits per heavy atom. The van der Waals surface area contributed by atoms with E-state index in [1.165, 1.54) is 20.4 Å². The first-order valence-corrected chi connectivity index (χ1v) is 7.53. The lowest BCUT2D eigenvalue weighted by Gasteiger charge is -2.07. The Kier molecular flexibility index (Phi) is 6.55. The molecule has 136 valence electrons. The number of hydrogen-bond acceptors (Lipinski definition) is 6. The van der Waals surface area contributed by atoms with Crippen LogP contribution in [0.3, 0.4) is 0 Å². The molecule has 0 heterocycles. The number of methoxy groups -OCH3 is 2. The average Bonchev–Trinajstić information content (AvgIpc) is 2.66. The van der Waals surface area contributed by atoms with Crippen LogP contribution in [0.2, 0.25) is 0 Å². The van der Waals surface area contributed by atoms with Gasteiger partial charge in [-0.25, -0.2) is 10.2 Å². The van der Waals surface area contributed by atoms with Gasteiger partial charge in [-0.3, -0.25) is 4.79 Å². The van der Waals surface area contributed by atoms with E-state index < -0.39 is 18.5 Å². The highest BCUT2D eigenvalue weighted by Crippen LogP contribution is 2.22. The lowest BCUT2D eigenvalue weighted by Crippen LogP contribution is -2.17. The molecule has 2 aromatic carbocycles. The molecule has 8 nitrogen and oxygen atoms in total. The average molecular weight is 358 g/mol. The van der Waals surface area contributed by atoms with E-state index in [0.717, 1.165) is 0 Å². The van der Waals surface area contributed by atoms with E-state index in [1.54, 1.807) is 42.5 Å². The normalized spacial score (nSPS) is 10.4. The lowest BCUT2D eigenvalue weighted by molar-refractivity contribution is -0.139. The number of hydrazone groups is 1. The van der Waals surface area contributed by atoms with Crippen molar-refractivity contribution in [2.75, 3.05) is 20.8 Å². The summed E-state index contributed by atoms with van der Waals surface area (Å²) in [6.45, 7) is -0.409. The number of ether oxygens (including phenoxy) is 3. The molecule has 0 unspecified atom stereocenters. The van der Waals surface area contributed by atoms with Crippen LogP contribution in [-0.2, 0) is 4.79 Å². The highest BCUT2D eigenvalue weighted by atomic mass is 16.5. The number of aliphatic carboxylic acids is 1. The molecule has 0 aromatic heterocycles. The predicted octanol–water partition coefficient (Wildman–Crippen LogP) is 1.93. The van der Waals surface area contributed by atoms with Gasteiger partial charge in [0.1, 0.15) is 17.2 Å². The number of amides is 1. The molecule has 0 spiro atoms. The third-order valence-corrected chi connectivity index (χ3v) is 3.24. The molecule has 0 bridgehead atoms. The van der Waals surface area contributed by atoms with Crippen LogP contribution in [-0.4, -0.2) is 44.0 Å². The van der Waals surface area contributed by atoms with E-state index >= 15 is 0 Å². The van der Waals surface area contributed by atoms with Gasteiger partial charge in [0.2, 0.25) is 0 Å². The summed E-state index contributed by atoms with van der Waals surface area (Å²) in [5.74, 6) is -0.0460. The Balaban J connectivity index is 1.97. The topological polar surface area (TPSA) is 106 Å². The fourth-order valence-electron chi connectivity index (χ4n) is 1.96. The van der Waals surface area contributed by atoms with E-state index in [-0.39, 0.29) is 0 Å². The van der Waals surface area contributed by atoms with E-state index in [1.807, 2.05) is 0 Å². The second-order valence-corrected chi connectivity index (χ2v) is 5.05. The maximum atomic E-state index is 12.2. The SMILES string of the molecule is COc1cc(OC)cc(C(=O)N/N=C\c2ccc(OCC(=O)O)cc2)c1. The van der Waals surface area contributed by atoms with Crippen LogP contribution in [0, 0.1) is 0 Å². The van der Waals surface area contributed by atoms with Gasteiger partial charge in [0.05, 0.1) is 20.4 Å². The number of carbonyl (C=O) groups is 2. The van der Waals surface area contributed by atoms with Crippen molar-refractivity contribution in [1.82, 2.24) is 5.43 Å². The van der Waals surface area contributed by atoms with Crippen LogP contribution < -0.4 is 19.6 Å². The molecule has 8 heteroatoms. The molecule has 2 N–H and O–H groups in total. The van der Waals surface area contributed by atoms with Crippen LogP contribution in [0.4, 0.5) is 0 Å². The first kappa shape index (κ1) is 18.8. The van der Waals surface area contributed by atoms with Gasteiger partial charge in [-0.1, -0.05) is 0 Å². The summed E-state index contributed by atoms with van der Waals surface area (Å²) in [7, 11) is 3.00. The van der Waals surface area contributed by atoms with Crippen molar-refractivity contribution in [2.24, 2.45) is 5.10 Å². The van der Waals surface area contributed by atoms with Crippen molar-refractivity contribution in [2.45, 2.75) is 0 Å². The summed E-state index contributed by atoms with van der Waals surface area (Å²) >= 11 is 0. The van der Waals surface area contributed by atoms with Gasteiger partial charge >= 0.3 is 5.97 Å². The van der Waals surface area contributed by atoms with E-state index in [2.05, 4.69) is 10.5 Å². The molecule has 0 saturated carbocycles. The minimum Gasteiger partial charge on any atom is -0.497 e. The van der Waals surface area contributed by atoms with Crippen molar-refractivity contribution in [3.63, 3.8) is 0 Å². The second-order valence-electron chi connectivity index (χ2n) is 5.05. The minimum absolute atomic E-state index is 0.343. The van der Waals surface area contributed by atoms with Crippen molar-refractivity contribution in [3.8, 4) is 17.2 Å². The number of carbonyl (C=O) groups excluding carboxylic acids is 1. The number of nitrogens with zero attached hydrogens (tertiary/aromatic N) is 1. The number of carboxylic acid groups (broad SMARTS) is 1. The fraction of sp³-hybridized carbons (Fsp3) is 0.167. The molecule has 0 saturated heterocycles. The van der Waals surface area contributed by atoms with Crippen LogP contribution in [0.5, 0.6) is 17.2 Å². The highest BCUT2D eigenvalue weighted by Gasteiger charge is 2.09. The van der Waals surface area contributed by atoms with Crippen LogP contribution >= 0.6 is 0 Å². The maximum absolute atomic E-state index is 12.2. The van der Waals surface area contributed by atoms with Gasteiger partial charge in [-0.15, -0.1) is 0 Å². The summed E-state index contributed by atoms with van der Waals surface area (Å²) in [5.41, 5.74) is 3.46.